The predicted molar refractivity (Wildman–Crippen MR) is 65.2 cm³/mol. The number of rotatable bonds is 4. The van der Waals surface area contributed by atoms with Gasteiger partial charge in [-0.15, -0.1) is 11.8 Å². The largest absolute Gasteiger partial charge is 0.325 e. The van der Waals surface area contributed by atoms with E-state index in [2.05, 4.69) is 24.3 Å². The number of nitrogens with two attached hydrogens (primary N) is 1. The van der Waals surface area contributed by atoms with Crippen molar-refractivity contribution in [1.82, 2.24) is 0 Å². The summed E-state index contributed by atoms with van der Waals surface area (Å²) in [6.45, 7) is 0. The Hall–Kier alpha value is -0.470. The minimum absolute atomic E-state index is 0.144. The molecule has 1 nitrogen and oxygen atoms in total. The monoisotopic (exact) mass is 219 g/mol. The zero-order valence-corrected chi connectivity index (χ0v) is 9.72. The van der Waals surface area contributed by atoms with Crippen molar-refractivity contribution in [2.24, 2.45) is 5.73 Å². The molecule has 2 aliphatic carbocycles. The Morgan fingerprint density at radius 2 is 1.87 bits per heavy atom. The summed E-state index contributed by atoms with van der Waals surface area (Å²) in [7, 11) is 0. The van der Waals surface area contributed by atoms with Crippen LogP contribution in [0.1, 0.15) is 31.2 Å². The molecule has 2 N–H and O–H groups in total. The Morgan fingerprint density at radius 1 is 1.20 bits per heavy atom. The van der Waals surface area contributed by atoms with E-state index < -0.39 is 0 Å². The molecule has 2 fully saturated rings. The first-order valence-corrected chi connectivity index (χ1v) is 6.66. The lowest BCUT2D eigenvalue weighted by Gasteiger charge is -2.08. The minimum Gasteiger partial charge on any atom is -0.325 e. The second kappa shape index (κ2) is 3.53. The first kappa shape index (κ1) is 9.73. The van der Waals surface area contributed by atoms with Crippen LogP contribution in [0.15, 0.2) is 29.2 Å². The topological polar surface area (TPSA) is 26.0 Å². The van der Waals surface area contributed by atoms with Crippen LogP contribution in [0.2, 0.25) is 0 Å². The lowest BCUT2D eigenvalue weighted by atomic mass is 10.1. The lowest BCUT2D eigenvalue weighted by molar-refractivity contribution is 0.672. The Bertz CT molecular complexity index is 349. The molecule has 0 aliphatic heterocycles. The van der Waals surface area contributed by atoms with Crippen molar-refractivity contribution in [1.29, 1.82) is 0 Å². The molecule has 80 valence electrons. The molecular formula is C13H17NS. The molecule has 0 amide bonds. The Labute approximate surface area is 95.4 Å². The summed E-state index contributed by atoms with van der Waals surface area (Å²) in [6, 6.07) is 9.00. The molecule has 0 radical (unpaired) electrons. The molecule has 0 bridgehead atoms. The molecule has 2 heteroatoms. The smallest absolute Gasteiger partial charge is 0.0196 e. The van der Waals surface area contributed by atoms with Crippen LogP contribution in [0.25, 0.3) is 0 Å². The fourth-order valence-electron chi connectivity index (χ4n) is 1.81. The average molecular weight is 219 g/mol. The molecule has 1 aromatic carbocycles. The highest BCUT2D eigenvalue weighted by Crippen LogP contribution is 2.40. The molecule has 1 aromatic rings. The summed E-state index contributed by atoms with van der Waals surface area (Å²) >= 11 is 2.02. The highest BCUT2D eigenvalue weighted by Gasteiger charge is 2.37. The van der Waals surface area contributed by atoms with Crippen molar-refractivity contribution >= 4 is 11.8 Å². The highest BCUT2D eigenvalue weighted by molar-refractivity contribution is 8.00. The van der Waals surface area contributed by atoms with Gasteiger partial charge in [0.05, 0.1) is 0 Å². The zero-order chi connectivity index (χ0) is 10.3. The first-order chi connectivity index (χ1) is 7.23. The maximum atomic E-state index is 6.10. The van der Waals surface area contributed by atoms with Crippen molar-refractivity contribution in [3.63, 3.8) is 0 Å². The number of hydrogen-bond donors (Lipinski definition) is 1. The van der Waals surface area contributed by atoms with Gasteiger partial charge in [0.2, 0.25) is 0 Å². The van der Waals surface area contributed by atoms with Crippen LogP contribution in [0.4, 0.5) is 0 Å². The summed E-state index contributed by atoms with van der Waals surface area (Å²) in [5.41, 5.74) is 7.64. The van der Waals surface area contributed by atoms with Crippen molar-refractivity contribution < 1.29 is 0 Å². The third-order valence-corrected chi connectivity index (χ3v) is 4.55. The Balaban J connectivity index is 1.64. The fourth-order valence-corrected chi connectivity index (χ4v) is 2.86. The van der Waals surface area contributed by atoms with Crippen LogP contribution in [0, 0.1) is 0 Å². The Morgan fingerprint density at radius 3 is 2.40 bits per heavy atom. The van der Waals surface area contributed by atoms with E-state index in [0.29, 0.717) is 0 Å². The standard InChI is InChI=1S/C13H17NS/c14-13(7-8-13)9-10-1-3-11(4-2-10)15-12-5-6-12/h1-4,12H,5-9,14H2. The van der Waals surface area contributed by atoms with Gasteiger partial charge in [0.25, 0.3) is 0 Å². The predicted octanol–water partition coefficient (Wildman–Crippen LogP) is 2.97. The van der Waals surface area contributed by atoms with E-state index in [1.807, 2.05) is 11.8 Å². The van der Waals surface area contributed by atoms with Gasteiger partial charge in [0, 0.05) is 15.7 Å². The molecule has 2 saturated carbocycles. The van der Waals surface area contributed by atoms with E-state index in [0.717, 1.165) is 11.7 Å². The van der Waals surface area contributed by atoms with Crippen LogP contribution in [0.3, 0.4) is 0 Å². The molecule has 2 aliphatic rings. The summed E-state index contributed by atoms with van der Waals surface area (Å²) in [5.74, 6) is 0. The molecule has 0 saturated heterocycles. The maximum Gasteiger partial charge on any atom is 0.0196 e. The van der Waals surface area contributed by atoms with Crippen LogP contribution in [-0.4, -0.2) is 10.8 Å². The van der Waals surface area contributed by atoms with Gasteiger partial charge in [-0.1, -0.05) is 12.1 Å². The van der Waals surface area contributed by atoms with Crippen LogP contribution in [-0.2, 0) is 6.42 Å². The van der Waals surface area contributed by atoms with Crippen LogP contribution >= 0.6 is 11.8 Å². The normalized spacial score (nSPS) is 22.7. The summed E-state index contributed by atoms with van der Waals surface area (Å²) < 4.78 is 0. The molecule has 3 rings (SSSR count). The van der Waals surface area contributed by atoms with E-state index in [9.17, 15) is 0 Å². The second-order valence-corrected chi connectivity index (χ2v) is 6.37. The van der Waals surface area contributed by atoms with E-state index in [4.69, 9.17) is 5.73 Å². The van der Waals surface area contributed by atoms with Gasteiger partial charge in [-0.05, 0) is 49.8 Å². The summed E-state index contributed by atoms with van der Waals surface area (Å²) in [5, 5.41) is 0.903. The van der Waals surface area contributed by atoms with Gasteiger partial charge in [-0.3, -0.25) is 0 Å². The minimum atomic E-state index is 0.144. The number of thioether (sulfide) groups is 1. The number of benzene rings is 1. The molecule has 0 atom stereocenters. The molecule has 0 heterocycles. The Kier molecular flexibility index (Phi) is 2.29. The maximum absolute atomic E-state index is 6.10. The molecule has 0 unspecified atom stereocenters. The van der Waals surface area contributed by atoms with E-state index in [-0.39, 0.29) is 5.54 Å². The van der Waals surface area contributed by atoms with Crippen LogP contribution in [0.5, 0.6) is 0 Å². The van der Waals surface area contributed by atoms with Gasteiger partial charge in [0.1, 0.15) is 0 Å². The third-order valence-electron chi connectivity index (χ3n) is 3.20. The van der Waals surface area contributed by atoms with Crippen molar-refractivity contribution in [2.75, 3.05) is 0 Å². The van der Waals surface area contributed by atoms with Gasteiger partial charge in [-0.25, -0.2) is 0 Å². The van der Waals surface area contributed by atoms with Gasteiger partial charge in [0.15, 0.2) is 0 Å². The fraction of sp³-hybridized carbons (Fsp3) is 0.538. The average Bonchev–Trinajstić information content (AvgIpc) is 3.10. The molecule has 15 heavy (non-hydrogen) atoms. The summed E-state index contributed by atoms with van der Waals surface area (Å²) in [6.07, 6.45) is 6.26. The van der Waals surface area contributed by atoms with Crippen LogP contribution < -0.4 is 5.73 Å². The van der Waals surface area contributed by atoms with E-state index in [1.54, 1.807) is 0 Å². The van der Waals surface area contributed by atoms with Gasteiger partial charge < -0.3 is 5.73 Å². The lowest BCUT2D eigenvalue weighted by Crippen LogP contribution is -2.24. The van der Waals surface area contributed by atoms with Crippen molar-refractivity contribution in [3.8, 4) is 0 Å². The van der Waals surface area contributed by atoms with Crippen molar-refractivity contribution in [3.05, 3.63) is 29.8 Å². The third kappa shape index (κ3) is 2.56. The molecule has 0 aromatic heterocycles. The highest BCUT2D eigenvalue weighted by atomic mass is 32.2. The SMILES string of the molecule is NC1(Cc2ccc(SC3CC3)cc2)CC1. The second-order valence-electron chi connectivity index (χ2n) is 5.00. The van der Waals surface area contributed by atoms with E-state index in [1.165, 1.54) is 36.1 Å². The van der Waals surface area contributed by atoms with Gasteiger partial charge in [-0.2, -0.15) is 0 Å². The van der Waals surface area contributed by atoms with Crippen molar-refractivity contribution in [2.45, 2.75) is 47.8 Å². The van der Waals surface area contributed by atoms with E-state index >= 15 is 0 Å². The number of hydrogen-bond acceptors (Lipinski definition) is 2. The molecule has 0 spiro atoms. The molecular weight excluding hydrogens is 202 g/mol. The van der Waals surface area contributed by atoms with Gasteiger partial charge >= 0.3 is 0 Å². The first-order valence-electron chi connectivity index (χ1n) is 5.78. The summed E-state index contributed by atoms with van der Waals surface area (Å²) in [4.78, 5) is 1.42. The quantitative estimate of drug-likeness (QED) is 0.842. The zero-order valence-electron chi connectivity index (χ0n) is 8.91.